The van der Waals surface area contributed by atoms with Crippen LogP contribution in [0.5, 0.6) is 0 Å². The van der Waals surface area contributed by atoms with Gasteiger partial charge < -0.3 is 19.4 Å². The summed E-state index contributed by atoms with van der Waals surface area (Å²) in [6, 6.07) is 9.97. The molecule has 31 heavy (non-hydrogen) atoms. The Morgan fingerprint density at radius 2 is 2.10 bits per heavy atom. The quantitative estimate of drug-likeness (QED) is 0.720. The van der Waals surface area contributed by atoms with Crippen LogP contribution in [0.2, 0.25) is 0 Å². The fraction of sp³-hybridized carbons (Fsp3) is 0.583. The second-order valence-electron chi connectivity index (χ2n) is 9.19. The highest BCUT2D eigenvalue weighted by Crippen LogP contribution is 2.42. The van der Waals surface area contributed by atoms with Gasteiger partial charge in [-0.25, -0.2) is 0 Å². The van der Waals surface area contributed by atoms with Crippen LogP contribution in [0, 0.1) is 11.8 Å². The Kier molecular flexibility index (Phi) is 5.71. The zero-order valence-corrected chi connectivity index (χ0v) is 18.1. The van der Waals surface area contributed by atoms with Gasteiger partial charge in [-0.15, -0.1) is 0 Å². The van der Waals surface area contributed by atoms with Crippen LogP contribution in [0.4, 0.5) is 0 Å². The average Bonchev–Trinajstić information content (AvgIpc) is 3.17. The number of furan rings is 1. The highest BCUT2D eigenvalue weighted by atomic mass is 16.5. The minimum absolute atomic E-state index is 0.0358. The van der Waals surface area contributed by atoms with E-state index in [2.05, 4.69) is 22.3 Å². The number of methoxy groups -OCH3 is 1. The number of amides is 2. The molecule has 0 aliphatic carbocycles. The van der Waals surface area contributed by atoms with Gasteiger partial charge in [0.1, 0.15) is 17.4 Å². The summed E-state index contributed by atoms with van der Waals surface area (Å²) in [4.78, 5) is 30.4. The van der Waals surface area contributed by atoms with E-state index in [0.29, 0.717) is 25.5 Å². The lowest BCUT2D eigenvalue weighted by Crippen LogP contribution is -2.68. The molecule has 2 bridgehead atoms. The van der Waals surface area contributed by atoms with E-state index in [1.54, 1.807) is 7.11 Å². The maximum absolute atomic E-state index is 13.2. The SMILES string of the molecule is COCCNC(=O)[C@H]1[C@H]2C[C@H](CN(Cc3cc4ccccc4o3)C2)[C@@H]2CCCC(=O)N21. The van der Waals surface area contributed by atoms with Gasteiger partial charge >= 0.3 is 0 Å². The molecular weight excluding hydrogens is 394 g/mol. The molecule has 166 valence electrons. The standard InChI is InChI=1S/C24H31N3O4/c1-30-10-9-25-24(29)23-18-11-17(20-6-4-8-22(28)27(20)23)13-26(14-18)15-19-12-16-5-2-3-7-21(16)31-19/h2-3,5,7,12,17-18,20,23H,4,6,8-11,13-15H2,1H3,(H,25,29)/t17-,18+,20+,23-/m1/s1. The molecule has 4 atom stereocenters. The summed E-state index contributed by atoms with van der Waals surface area (Å²) in [7, 11) is 1.62. The maximum atomic E-state index is 13.2. The molecule has 7 heteroatoms. The summed E-state index contributed by atoms with van der Waals surface area (Å²) in [5, 5.41) is 4.12. The summed E-state index contributed by atoms with van der Waals surface area (Å²) in [6.07, 6.45) is 3.47. The third-order valence-electron chi connectivity index (χ3n) is 7.15. The van der Waals surface area contributed by atoms with Gasteiger partial charge in [0.05, 0.1) is 13.2 Å². The van der Waals surface area contributed by atoms with Gasteiger partial charge in [0.25, 0.3) is 0 Å². The first-order chi connectivity index (χ1) is 15.1. The lowest BCUT2D eigenvalue weighted by Gasteiger charge is -2.55. The zero-order valence-electron chi connectivity index (χ0n) is 18.1. The Morgan fingerprint density at radius 1 is 1.26 bits per heavy atom. The van der Waals surface area contributed by atoms with Gasteiger partial charge in [0.2, 0.25) is 11.8 Å². The van der Waals surface area contributed by atoms with E-state index in [1.165, 1.54) is 0 Å². The van der Waals surface area contributed by atoms with E-state index < -0.39 is 0 Å². The predicted molar refractivity (Wildman–Crippen MR) is 116 cm³/mol. The van der Waals surface area contributed by atoms with Gasteiger partial charge in [-0.05, 0) is 37.3 Å². The number of ether oxygens (including phenoxy) is 1. The molecule has 3 aliphatic heterocycles. The maximum Gasteiger partial charge on any atom is 0.243 e. The molecule has 1 aromatic heterocycles. The van der Waals surface area contributed by atoms with Crippen LogP contribution in [0.15, 0.2) is 34.7 Å². The van der Waals surface area contributed by atoms with Crippen molar-refractivity contribution >= 4 is 22.8 Å². The number of nitrogens with one attached hydrogen (secondary N) is 1. The fourth-order valence-corrected chi connectivity index (χ4v) is 5.94. The van der Waals surface area contributed by atoms with E-state index in [0.717, 1.165) is 55.6 Å². The highest BCUT2D eigenvalue weighted by molar-refractivity contribution is 5.89. The molecule has 7 nitrogen and oxygen atoms in total. The largest absolute Gasteiger partial charge is 0.460 e. The molecule has 1 aromatic carbocycles. The number of likely N-dealkylation sites (tertiary alicyclic amines) is 1. The summed E-state index contributed by atoms with van der Waals surface area (Å²) < 4.78 is 11.1. The van der Waals surface area contributed by atoms with E-state index >= 15 is 0 Å². The van der Waals surface area contributed by atoms with Crippen LogP contribution in [0.1, 0.15) is 31.4 Å². The van der Waals surface area contributed by atoms with Crippen LogP contribution in [-0.4, -0.2) is 67.0 Å². The van der Waals surface area contributed by atoms with Gasteiger partial charge in [-0.1, -0.05) is 18.2 Å². The number of fused-ring (bicyclic) bond motifs is 5. The molecular formula is C24H31N3O4. The Bertz CT molecular complexity index is 924. The van der Waals surface area contributed by atoms with Crippen molar-refractivity contribution in [3.63, 3.8) is 0 Å². The number of para-hydroxylation sites is 1. The number of nitrogens with zero attached hydrogens (tertiary/aromatic N) is 2. The fourth-order valence-electron chi connectivity index (χ4n) is 5.94. The van der Waals surface area contributed by atoms with Crippen LogP contribution in [0.25, 0.3) is 11.0 Å². The number of hydrogen-bond acceptors (Lipinski definition) is 5. The molecule has 0 saturated carbocycles. The van der Waals surface area contributed by atoms with Crippen molar-refractivity contribution in [1.82, 2.24) is 15.1 Å². The number of benzene rings is 1. The minimum Gasteiger partial charge on any atom is -0.460 e. The van der Waals surface area contributed by atoms with Crippen LogP contribution >= 0.6 is 0 Å². The summed E-state index contributed by atoms with van der Waals surface area (Å²) >= 11 is 0. The monoisotopic (exact) mass is 425 g/mol. The minimum atomic E-state index is -0.385. The number of rotatable bonds is 6. The van der Waals surface area contributed by atoms with Crippen molar-refractivity contribution in [2.75, 3.05) is 33.4 Å². The molecule has 5 rings (SSSR count). The molecule has 0 unspecified atom stereocenters. The number of carbonyl (C=O) groups excluding carboxylic acids is 2. The summed E-state index contributed by atoms with van der Waals surface area (Å²) in [6.45, 7) is 3.42. The first kappa shape index (κ1) is 20.5. The molecule has 3 saturated heterocycles. The van der Waals surface area contributed by atoms with E-state index in [1.807, 2.05) is 23.1 Å². The molecule has 2 aromatic rings. The Morgan fingerprint density at radius 3 is 2.94 bits per heavy atom. The molecule has 3 fully saturated rings. The third-order valence-corrected chi connectivity index (χ3v) is 7.15. The first-order valence-electron chi connectivity index (χ1n) is 11.4. The van der Waals surface area contributed by atoms with Crippen molar-refractivity contribution in [3.8, 4) is 0 Å². The smallest absolute Gasteiger partial charge is 0.243 e. The number of hydrogen-bond donors (Lipinski definition) is 1. The van der Waals surface area contributed by atoms with Gasteiger partial charge in [-0.2, -0.15) is 0 Å². The molecule has 0 spiro atoms. The molecule has 4 heterocycles. The van der Waals surface area contributed by atoms with E-state index in [-0.39, 0.29) is 29.8 Å². The summed E-state index contributed by atoms with van der Waals surface area (Å²) in [5.41, 5.74) is 0.911. The first-order valence-corrected chi connectivity index (χ1v) is 11.4. The zero-order chi connectivity index (χ0) is 21.4. The lowest BCUT2D eigenvalue weighted by molar-refractivity contribution is -0.160. The molecule has 2 amide bonds. The Balaban J connectivity index is 1.36. The van der Waals surface area contributed by atoms with Crippen molar-refractivity contribution in [3.05, 3.63) is 36.1 Å². The van der Waals surface area contributed by atoms with Gasteiger partial charge in [0.15, 0.2) is 0 Å². The van der Waals surface area contributed by atoms with Crippen molar-refractivity contribution in [2.24, 2.45) is 11.8 Å². The van der Waals surface area contributed by atoms with Gasteiger partial charge in [-0.3, -0.25) is 14.5 Å². The van der Waals surface area contributed by atoms with Gasteiger partial charge in [0, 0.05) is 50.5 Å². The highest BCUT2D eigenvalue weighted by Gasteiger charge is 2.51. The number of piperidine rings is 3. The lowest BCUT2D eigenvalue weighted by atomic mass is 9.71. The normalized spacial score (nSPS) is 28.5. The Hall–Kier alpha value is -2.38. The van der Waals surface area contributed by atoms with Crippen molar-refractivity contribution < 1.29 is 18.7 Å². The molecule has 3 aliphatic rings. The van der Waals surface area contributed by atoms with Crippen LogP contribution < -0.4 is 5.32 Å². The van der Waals surface area contributed by atoms with Crippen molar-refractivity contribution in [2.45, 2.75) is 44.3 Å². The number of carbonyl (C=O) groups is 2. The predicted octanol–water partition coefficient (Wildman–Crippen LogP) is 2.40. The molecule has 1 N–H and O–H groups in total. The van der Waals surface area contributed by atoms with E-state index in [4.69, 9.17) is 9.15 Å². The van der Waals surface area contributed by atoms with E-state index in [9.17, 15) is 9.59 Å². The third kappa shape index (κ3) is 3.96. The topological polar surface area (TPSA) is 75.0 Å². The average molecular weight is 426 g/mol. The van der Waals surface area contributed by atoms with Crippen LogP contribution in [-0.2, 0) is 20.9 Å². The Labute approximate surface area is 182 Å². The second-order valence-corrected chi connectivity index (χ2v) is 9.19. The second kappa shape index (κ2) is 8.63. The van der Waals surface area contributed by atoms with Crippen molar-refractivity contribution in [1.29, 1.82) is 0 Å². The summed E-state index contributed by atoms with van der Waals surface area (Å²) in [5.74, 6) is 1.62. The van der Waals surface area contributed by atoms with Crippen LogP contribution in [0.3, 0.4) is 0 Å². The molecule has 0 radical (unpaired) electrons.